The van der Waals surface area contributed by atoms with Crippen LogP contribution in [-0.2, 0) is 6.54 Å². The number of amidine groups is 1. The van der Waals surface area contributed by atoms with E-state index in [9.17, 15) is 0 Å². The van der Waals surface area contributed by atoms with Gasteiger partial charge in [0.15, 0.2) is 17.3 Å². The molecule has 19 heavy (non-hydrogen) atoms. The fourth-order valence-corrected chi connectivity index (χ4v) is 1.77. The molecule has 0 saturated heterocycles. The molecular weight excluding hydrogens is 242 g/mol. The van der Waals surface area contributed by atoms with Crippen LogP contribution in [-0.4, -0.2) is 28.1 Å². The molecule has 6 heteroatoms. The van der Waals surface area contributed by atoms with Crippen molar-refractivity contribution in [2.24, 2.45) is 10.9 Å². The van der Waals surface area contributed by atoms with Gasteiger partial charge in [-0.1, -0.05) is 35.5 Å². The van der Waals surface area contributed by atoms with Crippen molar-refractivity contribution < 1.29 is 5.21 Å². The molecule has 0 aliphatic rings. The molecule has 0 fully saturated rings. The topological polar surface area (TPSA) is 87.6 Å². The van der Waals surface area contributed by atoms with Crippen LogP contribution in [0.25, 0.3) is 0 Å². The Hall–Kier alpha value is -2.63. The first-order valence-electron chi connectivity index (χ1n) is 5.76. The first kappa shape index (κ1) is 12.8. The van der Waals surface area contributed by atoms with Crippen molar-refractivity contribution in [1.82, 2.24) is 9.97 Å². The summed E-state index contributed by atoms with van der Waals surface area (Å²) >= 11 is 0. The molecule has 98 valence electrons. The molecule has 1 aromatic heterocycles. The highest BCUT2D eigenvalue weighted by Crippen LogP contribution is 2.15. The Morgan fingerprint density at radius 2 is 1.95 bits per heavy atom. The van der Waals surface area contributed by atoms with E-state index in [4.69, 9.17) is 10.9 Å². The molecule has 2 aromatic rings. The zero-order chi connectivity index (χ0) is 13.7. The first-order chi connectivity index (χ1) is 9.22. The number of benzene rings is 1. The maximum absolute atomic E-state index is 8.76. The second-order valence-electron chi connectivity index (χ2n) is 4.06. The number of hydrogen-bond acceptors (Lipinski definition) is 5. The van der Waals surface area contributed by atoms with E-state index in [-0.39, 0.29) is 5.84 Å². The van der Waals surface area contributed by atoms with Gasteiger partial charge in [0.1, 0.15) is 0 Å². The Labute approximate surface area is 111 Å². The number of rotatable bonds is 4. The van der Waals surface area contributed by atoms with Gasteiger partial charge in [-0.25, -0.2) is 9.97 Å². The van der Waals surface area contributed by atoms with Crippen molar-refractivity contribution >= 4 is 11.7 Å². The summed E-state index contributed by atoms with van der Waals surface area (Å²) in [6, 6.07) is 9.97. The van der Waals surface area contributed by atoms with Gasteiger partial charge in [-0.3, -0.25) is 0 Å². The molecule has 1 heterocycles. The summed E-state index contributed by atoms with van der Waals surface area (Å²) in [6.45, 7) is 0.658. The van der Waals surface area contributed by atoms with Crippen LogP contribution in [0.15, 0.2) is 47.9 Å². The van der Waals surface area contributed by atoms with E-state index in [1.165, 1.54) is 6.20 Å². The summed E-state index contributed by atoms with van der Waals surface area (Å²) in [5, 5.41) is 11.7. The predicted octanol–water partition coefficient (Wildman–Crippen LogP) is 1.21. The van der Waals surface area contributed by atoms with Crippen LogP contribution in [0.2, 0.25) is 0 Å². The van der Waals surface area contributed by atoms with E-state index in [2.05, 4.69) is 15.1 Å². The van der Waals surface area contributed by atoms with Gasteiger partial charge < -0.3 is 15.8 Å². The van der Waals surface area contributed by atoms with Crippen LogP contribution in [0.4, 0.5) is 5.82 Å². The van der Waals surface area contributed by atoms with Crippen LogP contribution >= 0.6 is 0 Å². The molecule has 1 aromatic carbocycles. The third-order valence-corrected chi connectivity index (χ3v) is 2.65. The Kier molecular flexibility index (Phi) is 3.92. The Bertz CT molecular complexity index is 570. The first-order valence-corrected chi connectivity index (χ1v) is 5.76. The number of oxime groups is 1. The normalized spacial score (nSPS) is 11.3. The zero-order valence-electron chi connectivity index (χ0n) is 10.6. The minimum absolute atomic E-state index is 0.0528. The summed E-state index contributed by atoms with van der Waals surface area (Å²) in [5.41, 5.74) is 7.10. The van der Waals surface area contributed by atoms with E-state index >= 15 is 0 Å². The molecule has 0 amide bonds. The smallest absolute Gasteiger partial charge is 0.192 e. The second kappa shape index (κ2) is 5.81. The fourth-order valence-electron chi connectivity index (χ4n) is 1.77. The van der Waals surface area contributed by atoms with Crippen molar-refractivity contribution in [1.29, 1.82) is 0 Å². The standard InChI is InChI=1S/C13H15N5O/c1-18(9-10-5-3-2-4-6-10)13-11(12(14)17-19)15-7-8-16-13/h2-8,19H,9H2,1H3,(H2,14,17). The fraction of sp³-hybridized carbons (Fsp3) is 0.154. The highest BCUT2D eigenvalue weighted by atomic mass is 16.4. The van der Waals surface area contributed by atoms with Crippen molar-refractivity contribution in [3.05, 3.63) is 54.0 Å². The largest absolute Gasteiger partial charge is 0.409 e. The lowest BCUT2D eigenvalue weighted by Gasteiger charge is -2.19. The molecule has 0 aliphatic carbocycles. The molecular formula is C13H15N5O. The molecule has 0 bridgehead atoms. The van der Waals surface area contributed by atoms with E-state index in [1.807, 2.05) is 42.3 Å². The van der Waals surface area contributed by atoms with Gasteiger partial charge in [0.05, 0.1) is 0 Å². The zero-order valence-corrected chi connectivity index (χ0v) is 10.6. The maximum Gasteiger partial charge on any atom is 0.192 e. The molecule has 0 atom stereocenters. The quantitative estimate of drug-likeness (QED) is 0.372. The van der Waals surface area contributed by atoms with Crippen LogP contribution in [0.5, 0.6) is 0 Å². The number of nitrogens with zero attached hydrogens (tertiary/aromatic N) is 4. The van der Waals surface area contributed by atoms with Crippen molar-refractivity contribution in [3.63, 3.8) is 0 Å². The Morgan fingerprint density at radius 1 is 1.26 bits per heavy atom. The van der Waals surface area contributed by atoms with Gasteiger partial charge in [0.25, 0.3) is 0 Å². The lowest BCUT2D eigenvalue weighted by molar-refractivity contribution is 0.318. The van der Waals surface area contributed by atoms with E-state index < -0.39 is 0 Å². The number of anilines is 1. The highest BCUT2D eigenvalue weighted by molar-refractivity contribution is 5.99. The monoisotopic (exact) mass is 257 g/mol. The SMILES string of the molecule is CN(Cc1ccccc1)c1nccnc1C(N)=NO. The van der Waals surface area contributed by atoms with Gasteiger partial charge in [0.2, 0.25) is 0 Å². The molecule has 0 radical (unpaired) electrons. The van der Waals surface area contributed by atoms with Gasteiger partial charge in [-0.15, -0.1) is 0 Å². The van der Waals surface area contributed by atoms with Gasteiger partial charge in [-0.05, 0) is 5.56 Å². The Morgan fingerprint density at radius 3 is 2.63 bits per heavy atom. The number of hydrogen-bond donors (Lipinski definition) is 2. The van der Waals surface area contributed by atoms with E-state index in [0.29, 0.717) is 18.1 Å². The summed E-state index contributed by atoms with van der Waals surface area (Å²) in [5.74, 6) is 0.518. The predicted molar refractivity (Wildman–Crippen MR) is 73.1 cm³/mol. The Balaban J connectivity index is 2.27. The summed E-state index contributed by atoms with van der Waals surface area (Å²) < 4.78 is 0. The van der Waals surface area contributed by atoms with E-state index in [0.717, 1.165) is 5.56 Å². The van der Waals surface area contributed by atoms with Crippen molar-refractivity contribution in [2.75, 3.05) is 11.9 Å². The molecule has 6 nitrogen and oxygen atoms in total. The average Bonchev–Trinajstić information content (AvgIpc) is 2.47. The maximum atomic E-state index is 8.76. The molecule has 3 N–H and O–H groups in total. The molecule has 0 saturated carbocycles. The third-order valence-electron chi connectivity index (χ3n) is 2.65. The van der Waals surface area contributed by atoms with Crippen LogP contribution in [0.1, 0.15) is 11.3 Å². The van der Waals surface area contributed by atoms with E-state index in [1.54, 1.807) is 6.20 Å². The highest BCUT2D eigenvalue weighted by Gasteiger charge is 2.13. The molecule has 0 aliphatic heterocycles. The van der Waals surface area contributed by atoms with Crippen LogP contribution in [0, 0.1) is 0 Å². The second-order valence-corrected chi connectivity index (χ2v) is 4.06. The van der Waals surface area contributed by atoms with Crippen LogP contribution < -0.4 is 10.6 Å². The lowest BCUT2D eigenvalue weighted by Crippen LogP contribution is -2.24. The van der Waals surface area contributed by atoms with Crippen molar-refractivity contribution in [3.8, 4) is 0 Å². The van der Waals surface area contributed by atoms with Gasteiger partial charge in [-0.2, -0.15) is 0 Å². The molecule has 0 unspecified atom stereocenters. The average molecular weight is 257 g/mol. The number of nitrogens with two attached hydrogens (primary N) is 1. The minimum atomic E-state index is -0.0528. The number of aromatic nitrogens is 2. The van der Waals surface area contributed by atoms with Crippen LogP contribution in [0.3, 0.4) is 0 Å². The molecule has 2 rings (SSSR count). The van der Waals surface area contributed by atoms with Crippen molar-refractivity contribution in [2.45, 2.75) is 6.54 Å². The summed E-state index contributed by atoms with van der Waals surface area (Å²) in [6.07, 6.45) is 3.08. The lowest BCUT2D eigenvalue weighted by atomic mass is 10.2. The van der Waals surface area contributed by atoms with Gasteiger partial charge in [0, 0.05) is 26.0 Å². The minimum Gasteiger partial charge on any atom is -0.409 e. The van der Waals surface area contributed by atoms with Gasteiger partial charge >= 0.3 is 0 Å². The molecule has 0 spiro atoms. The third kappa shape index (κ3) is 2.98. The summed E-state index contributed by atoms with van der Waals surface area (Å²) in [7, 11) is 1.88. The summed E-state index contributed by atoms with van der Waals surface area (Å²) in [4.78, 5) is 10.2.